The van der Waals surface area contributed by atoms with Gasteiger partial charge in [0.15, 0.2) is 0 Å². The van der Waals surface area contributed by atoms with Crippen molar-refractivity contribution in [3.8, 4) is 0 Å². The molecular weight excluding hydrogens is 268 g/mol. The van der Waals surface area contributed by atoms with Crippen molar-refractivity contribution in [1.82, 2.24) is 0 Å². The summed E-state index contributed by atoms with van der Waals surface area (Å²) in [6, 6.07) is 8.68. The summed E-state index contributed by atoms with van der Waals surface area (Å²) < 4.78 is 0. The lowest BCUT2D eigenvalue weighted by Crippen LogP contribution is -2.49. The van der Waals surface area contributed by atoms with E-state index in [4.69, 9.17) is 4.99 Å². The molecule has 0 aromatic heterocycles. The molecule has 1 saturated heterocycles. The van der Waals surface area contributed by atoms with Crippen molar-refractivity contribution in [2.24, 2.45) is 16.3 Å². The lowest BCUT2D eigenvalue weighted by Gasteiger charge is -2.49. The number of hydrogen-bond acceptors (Lipinski definition) is 2. The van der Waals surface area contributed by atoms with Gasteiger partial charge in [-0.15, -0.1) is 0 Å². The molecule has 2 unspecified atom stereocenters. The van der Waals surface area contributed by atoms with E-state index in [2.05, 4.69) is 74.2 Å². The Kier molecular flexibility index (Phi) is 2.90. The van der Waals surface area contributed by atoms with Gasteiger partial charge in [0.25, 0.3) is 0 Å². The maximum Gasteiger partial charge on any atom is 0.0753 e. The van der Waals surface area contributed by atoms with Crippen molar-refractivity contribution < 1.29 is 0 Å². The highest BCUT2D eigenvalue weighted by molar-refractivity contribution is 6.08. The number of allylic oxidation sites excluding steroid dienone is 5. The van der Waals surface area contributed by atoms with Crippen LogP contribution in [0.25, 0.3) is 0 Å². The molecule has 0 radical (unpaired) electrons. The van der Waals surface area contributed by atoms with Gasteiger partial charge < -0.3 is 4.90 Å². The zero-order chi connectivity index (χ0) is 15.3. The Morgan fingerprint density at radius 3 is 2.86 bits per heavy atom. The van der Waals surface area contributed by atoms with E-state index in [1.807, 2.05) is 0 Å². The second kappa shape index (κ2) is 4.70. The van der Waals surface area contributed by atoms with Crippen molar-refractivity contribution in [2.45, 2.75) is 27.2 Å². The number of benzene rings is 1. The fraction of sp³-hybridized carbons (Fsp3) is 0.350. The Morgan fingerprint density at radius 1 is 1.23 bits per heavy atom. The standard InChI is InChI=1S/C20H22N2/c1-14-7-4-5-8-17(14)22-12-11-15(2)20-13-16(3)21-18(20)9-6-10-19(20)22/h4-10,13,15H,11-12H2,1-3H3. The van der Waals surface area contributed by atoms with Gasteiger partial charge in [-0.05, 0) is 56.0 Å². The van der Waals surface area contributed by atoms with Crippen molar-refractivity contribution in [2.75, 3.05) is 11.4 Å². The van der Waals surface area contributed by atoms with E-state index in [1.165, 1.54) is 29.1 Å². The van der Waals surface area contributed by atoms with Gasteiger partial charge in [-0.3, -0.25) is 4.99 Å². The van der Waals surface area contributed by atoms with Crippen molar-refractivity contribution in [1.29, 1.82) is 0 Å². The molecule has 2 aliphatic heterocycles. The van der Waals surface area contributed by atoms with E-state index in [0.29, 0.717) is 5.92 Å². The van der Waals surface area contributed by atoms with Crippen LogP contribution in [0.3, 0.4) is 0 Å². The number of nitrogens with zero attached hydrogens (tertiary/aromatic N) is 2. The molecule has 2 heteroatoms. The summed E-state index contributed by atoms with van der Waals surface area (Å²) in [4.78, 5) is 7.31. The van der Waals surface area contributed by atoms with Gasteiger partial charge in [-0.25, -0.2) is 0 Å². The first-order valence-electron chi connectivity index (χ1n) is 8.13. The lowest BCUT2D eigenvalue weighted by molar-refractivity contribution is 0.340. The topological polar surface area (TPSA) is 15.6 Å². The van der Waals surface area contributed by atoms with Gasteiger partial charge in [0, 0.05) is 23.6 Å². The van der Waals surface area contributed by atoms with Gasteiger partial charge in [-0.2, -0.15) is 0 Å². The highest BCUT2D eigenvalue weighted by Gasteiger charge is 2.50. The van der Waals surface area contributed by atoms with Crippen LogP contribution >= 0.6 is 0 Å². The third-order valence-electron chi connectivity index (χ3n) is 5.35. The first-order chi connectivity index (χ1) is 10.6. The Bertz CT molecular complexity index is 751. The van der Waals surface area contributed by atoms with E-state index in [-0.39, 0.29) is 5.41 Å². The predicted octanol–water partition coefficient (Wildman–Crippen LogP) is 4.64. The van der Waals surface area contributed by atoms with Crippen molar-refractivity contribution in [3.05, 3.63) is 65.5 Å². The molecule has 0 bridgehead atoms. The van der Waals surface area contributed by atoms with Crippen LogP contribution in [0.1, 0.15) is 25.8 Å². The molecule has 2 heterocycles. The molecule has 0 amide bonds. The average molecular weight is 290 g/mol. The smallest absolute Gasteiger partial charge is 0.0753 e. The van der Waals surface area contributed by atoms with Gasteiger partial charge in [0.2, 0.25) is 0 Å². The van der Waals surface area contributed by atoms with Crippen LogP contribution in [0, 0.1) is 18.3 Å². The predicted molar refractivity (Wildman–Crippen MR) is 93.2 cm³/mol. The number of aryl methyl sites for hydroxylation is 1. The quantitative estimate of drug-likeness (QED) is 0.735. The molecule has 22 heavy (non-hydrogen) atoms. The molecule has 2 atom stereocenters. The number of aliphatic imine (C=N–C) groups is 1. The van der Waals surface area contributed by atoms with Crippen LogP contribution in [-0.2, 0) is 0 Å². The van der Waals surface area contributed by atoms with E-state index < -0.39 is 0 Å². The normalized spacial score (nSPS) is 29.5. The Hall–Kier alpha value is -2.09. The van der Waals surface area contributed by atoms with Crippen LogP contribution in [0.2, 0.25) is 0 Å². The summed E-state index contributed by atoms with van der Waals surface area (Å²) in [7, 11) is 0. The molecule has 3 aliphatic rings. The molecule has 4 rings (SSSR count). The molecule has 112 valence electrons. The first kappa shape index (κ1) is 13.6. The van der Waals surface area contributed by atoms with E-state index in [0.717, 1.165) is 12.2 Å². The van der Waals surface area contributed by atoms with Crippen LogP contribution < -0.4 is 4.90 Å². The highest BCUT2D eigenvalue weighted by Crippen LogP contribution is 2.52. The number of piperidine rings is 1. The molecular formula is C20H22N2. The van der Waals surface area contributed by atoms with Crippen LogP contribution in [-0.4, -0.2) is 12.3 Å². The molecule has 2 nitrogen and oxygen atoms in total. The molecule has 1 aliphatic carbocycles. The SMILES string of the molecule is CC1=CC23C(=CC=CC2=N1)N(c1ccccc1C)CCC3C. The summed E-state index contributed by atoms with van der Waals surface area (Å²) in [6.45, 7) is 7.76. The number of para-hydroxylation sites is 1. The minimum atomic E-state index is -0.0284. The first-order valence-corrected chi connectivity index (χ1v) is 8.13. The summed E-state index contributed by atoms with van der Waals surface area (Å²) >= 11 is 0. The third kappa shape index (κ3) is 1.70. The summed E-state index contributed by atoms with van der Waals surface area (Å²) in [5.41, 5.74) is 6.38. The van der Waals surface area contributed by atoms with Gasteiger partial charge >= 0.3 is 0 Å². The van der Waals surface area contributed by atoms with Gasteiger partial charge in [0.05, 0.1) is 11.1 Å². The number of hydrogen-bond donors (Lipinski definition) is 0. The van der Waals surface area contributed by atoms with Crippen LogP contribution in [0.4, 0.5) is 5.69 Å². The van der Waals surface area contributed by atoms with Crippen LogP contribution in [0.15, 0.2) is 65.0 Å². The second-order valence-corrected chi connectivity index (χ2v) is 6.69. The van der Waals surface area contributed by atoms with E-state index >= 15 is 0 Å². The highest BCUT2D eigenvalue weighted by atomic mass is 15.2. The zero-order valence-corrected chi connectivity index (χ0v) is 13.5. The summed E-state index contributed by atoms with van der Waals surface area (Å²) in [6.07, 6.45) is 10.2. The largest absolute Gasteiger partial charge is 0.344 e. The number of anilines is 1. The van der Waals surface area contributed by atoms with Gasteiger partial charge in [0.1, 0.15) is 0 Å². The Morgan fingerprint density at radius 2 is 2.05 bits per heavy atom. The summed E-state index contributed by atoms with van der Waals surface area (Å²) in [5.74, 6) is 0.583. The van der Waals surface area contributed by atoms with E-state index in [1.54, 1.807) is 0 Å². The molecule has 0 saturated carbocycles. The fourth-order valence-electron chi connectivity index (χ4n) is 4.21. The second-order valence-electron chi connectivity index (χ2n) is 6.69. The molecule has 0 N–H and O–H groups in total. The molecule has 1 spiro atoms. The maximum absolute atomic E-state index is 4.81. The minimum Gasteiger partial charge on any atom is -0.344 e. The van der Waals surface area contributed by atoms with Gasteiger partial charge in [-0.1, -0.05) is 31.2 Å². The fourth-order valence-corrected chi connectivity index (χ4v) is 4.21. The Labute approximate surface area is 132 Å². The zero-order valence-electron chi connectivity index (χ0n) is 13.5. The monoisotopic (exact) mass is 290 g/mol. The molecule has 1 aromatic rings. The Balaban J connectivity index is 1.89. The number of rotatable bonds is 1. The molecule has 1 aromatic carbocycles. The maximum atomic E-state index is 4.81. The van der Waals surface area contributed by atoms with Crippen molar-refractivity contribution in [3.63, 3.8) is 0 Å². The third-order valence-corrected chi connectivity index (χ3v) is 5.35. The van der Waals surface area contributed by atoms with E-state index in [9.17, 15) is 0 Å². The minimum absolute atomic E-state index is 0.0284. The lowest BCUT2D eigenvalue weighted by atomic mass is 9.65. The molecule has 1 fully saturated rings. The summed E-state index contributed by atoms with van der Waals surface area (Å²) in [5, 5.41) is 0. The van der Waals surface area contributed by atoms with Crippen LogP contribution in [0.5, 0.6) is 0 Å². The average Bonchev–Trinajstić information content (AvgIpc) is 2.85. The van der Waals surface area contributed by atoms with Crippen molar-refractivity contribution >= 4 is 11.4 Å².